The Kier molecular flexibility index (Phi) is 4.43. The molecular weight excluding hydrogens is 330 g/mol. The molecule has 0 saturated carbocycles. The third kappa shape index (κ3) is 3.20. The molecule has 0 aliphatic heterocycles. The van der Waals surface area contributed by atoms with Crippen molar-refractivity contribution in [3.05, 3.63) is 40.1 Å². The second-order valence-corrected chi connectivity index (χ2v) is 5.93. The third-order valence-electron chi connectivity index (χ3n) is 3.10. The summed E-state index contributed by atoms with van der Waals surface area (Å²) in [5.74, 6) is 0.722. The molecule has 0 aliphatic rings. The normalized spacial score (nSPS) is 10.5. The van der Waals surface area contributed by atoms with E-state index in [2.05, 4.69) is 20.8 Å². The molecule has 2 aromatic heterocycles. The molecule has 3 aromatic rings. The lowest BCUT2D eigenvalue weighted by Crippen LogP contribution is -2.36. The third-order valence-corrected chi connectivity index (χ3v) is 3.85. The minimum atomic E-state index is -0.502. The first-order valence-corrected chi connectivity index (χ1v) is 7.97. The summed E-state index contributed by atoms with van der Waals surface area (Å²) in [4.78, 5) is 16.5. The number of hydrogen-bond acceptors (Lipinski definition) is 7. The van der Waals surface area contributed by atoms with E-state index in [0.717, 1.165) is 17.1 Å². The van der Waals surface area contributed by atoms with E-state index in [0.29, 0.717) is 16.5 Å². The van der Waals surface area contributed by atoms with Crippen LogP contribution in [0.1, 0.15) is 13.8 Å². The molecule has 0 spiro atoms. The predicted molar refractivity (Wildman–Crippen MR) is 90.9 cm³/mol. The molecule has 8 nitrogen and oxygen atoms in total. The molecule has 0 saturated heterocycles. The zero-order chi connectivity index (χ0) is 17.1. The zero-order valence-electron chi connectivity index (χ0n) is 13.4. The molecule has 3 rings (SSSR count). The summed E-state index contributed by atoms with van der Waals surface area (Å²) in [7, 11) is 1.59. The van der Waals surface area contributed by atoms with E-state index in [9.17, 15) is 4.79 Å². The van der Waals surface area contributed by atoms with Crippen LogP contribution in [-0.2, 0) is 0 Å². The fraction of sp³-hybridized carbons (Fsp3) is 0.200. The number of anilines is 1. The molecule has 9 heteroatoms. The van der Waals surface area contributed by atoms with Gasteiger partial charge in [0, 0.05) is 23.2 Å². The Morgan fingerprint density at radius 1 is 1.38 bits per heavy atom. The predicted octanol–water partition coefficient (Wildman–Crippen LogP) is 2.18. The maximum absolute atomic E-state index is 12.1. The van der Waals surface area contributed by atoms with Gasteiger partial charge in [0.1, 0.15) is 5.75 Å². The summed E-state index contributed by atoms with van der Waals surface area (Å²) in [6.45, 7) is 3.75. The van der Waals surface area contributed by atoms with Crippen molar-refractivity contribution in [1.82, 2.24) is 10.3 Å². The summed E-state index contributed by atoms with van der Waals surface area (Å²) >= 11 is 1.35. The Morgan fingerprint density at radius 3 is 2.79 bits per heavy atom. The molecule has 0 unspecified atom stereocenters. The maximum atomic E-state index is 12.1. The average Bonchev–Trinajstić information content (AvgIpc) is 3.19. The number of hydrazone groups is 1. The van der Waals surface area contributed by atoms with E-state index < -0.39 is 5.63 Å². The van der Waals surface area contributed by atoms with Crippen molar-refractivity contribution >= 4 is 22.2 Å². The topological polar surface area (TPSA) is 96.4 Å². The van der Waals surface area contributed by atoms with E-state index >= 15 is 0 Å². The lowest BCUT2D eigenvalue weighted by Gasteiger charge is -1.97. The van der Waals surface area contributed by atoms with E-state index in [4.69, 9.17) is 9.26 Å². The van der Waals surface area contributed by atoms with Gasteiger partial charge in [0.15, 0.2) is 5.69 Å². The number of nitrogens with one attached hydrogen (secondary N) is 2. The van der Waals surface area contributed by atoms with Crippen molar-refractivity contribution in [2.24, 2.45) is 5.10 Å². The second-order valence-electron chi connectivity index (χ2n) is 5.07. The van der Waals surface area contributed by atoms with Crippen molar-refractivity contribution in [3.63, 3.8) is 0 Å². The van der Waals surface area contributed by atoms with Crippen LogP contribution in [0.4, 0.5) is 5.13 Å². The molecule has 0 fully saturated rings. The van der Waals surface area contributed by atoms with Crippen LogP contribution in [0.25, 0.3) is 17.1 Å². The van der Waals surface area contributed by atoms with Crippen molar-refractivity contribution in [2.75, 3.05) is 12.5 Å². The number of ether oxygens (including phenoxy) is 1. The molecule has 0 bridgehead atoms. The summed E-state index contributed by atoms with van der Waals surface area (Å²) in [5, 5.41) is 9.04. The van der Waals surface area contributed by atoms with Crippen molar-refractivity contribution in [1.29, 1.82) is 0 Å². The van der Waals surface area contributed by atoms with Crippen LogP contribution in [0.2, 0.25) is 0 Å². The van der Waals surface area contributed by atoms with E-state index in [1.807, 2.05) is 26.0 Å². The number of methoxy groups -OCH3 is 1. The highest BCUT2D eigenvalue weighted by Gasteiger charge is 2.27. The van der Waals surface area contributed by atoms with Gasteiger partial charge in [-0.1, -0.05) is 0 Å². The van der Waals surface area contributed by atoms with Crippen LogP contribution < -0.4 is 20.5 Å². The van der Waals surface area contributed by atoms with E-state index in [1.54, 1.807) is 24.6 Å². The Bertz CT molecular complexity index is 919. The van der Waals surface area contributed by atoms with Gasteiger partial charge in [-0.05, 0) is 35.9 Å². The van der Waals surface area contributed by atoms with E-state index in [-0.39, 0.29) is 0 Å². The standard InChI is InChI=1S/C15H15N5O3S/c1-9(2)17-18-15-16-12(8-24-15)13-14(21)23-19-20(13)10-4-6-11(22-3)7-5-10/h4-8H,1-3H3,(H-,16,18,19,21)/p+1. The number of nitrogens with zero attached hydrogens (tertiary/aromatic N) is 3. The van der Waals surface area contributed by atoms with Gasteiger partial charge in [-0.25, -0.2) is 9.78 Å². The van der Waals surface area contributed by atoms with Crippen LogP contribution in [-0.4, -0.2) is 23.1 Å². The van der Waals surface area contributed by atoms with Crippen LogP contribution in [0.15, 0.2) is 44.1 Å². The minimum absolute atomic E-state index is 0.307. The van der Waals surface area contributed by atoms with Crippen molar-refractivity contribution in [3.8, 4) is 22.8 Å². The average molecular weight is 346 g/mol. The van der Waals surface area contributed by atoms with Crippen molar-refractivity contribution < 1.29 is 13.9 Å². The highest BCUT2D eigenvalue weighted by atomic mass is 32.1. The number of benzene rings is 1. The minimum Gasteiger partial charge on any atom is -0.497 e. The van der Waals surface area contributed by atoms with Gasteiger partial charge in [0.2, 0.25) is 10.8 Å². The maximum Gasteiger partial charge on any atom is 0.437 e. The summed E-state index contributed by atoms with van der Waals surface area (Å²) in [6.07, 6.45) is 0. The molecule has 24 heavy (non-hydrogen) atoms. The number of thiazole rings is 1. The first kappa shape index (κ1) is 15.9. The number of rotatable bonds is 5. The summed E-state index contributed by atoms with van der Waals surface area (Å²) in [5.41, 5.74) is 4.75. The first-order valence-electron chi connectivity index (χ1n) is 7.09. The first-order chi connectivity index (χ1) is 11.6. The van der Waals surface area contributed by atoms with Crippen LogP contribution in [0.3, 0.4) is 0 Å². The number of hydrogen-bond donors (Lipinski definition) is 2. The lowest BCUT2D eigenvalue weighted by molar-refractivity contribution is -0.660. The largest absolute Gasteiger partial charge is 0.497 e. The SMILES string of the molecule is COc1ccc(-[n+]2[nH]oc(=O)c2-c2csc(NN=C(C)C)n2)cc1. The van der Waals surface area contributed by atoms with Crippen LogP contribution >= 0.6 is 11.3 Å². The molecule has 124 valence electrons. The number of aromatic nitrogens is 3. The lowest BCUT2D eigenvalue weighted by atomic mass is 10.3. The molecule has 1 aromatic carbocycles. The Balaban J connectivity index is 1.98. The van der Waals surface area contributed by atoms with Gasteiger partial charge in [-0.2, -0.15) is 5.10 Å². The Hall–Kier alpha value is -2.94. The highest BCUT2D eigenvalue weighted by molar-refractivity contribution is 7.14. The van der Waals surface area contributed by atoms with Crippen LogP contribution in [0, 0.1) is 0 Å². The van der Waals surface area contributed by atoms with Crippen LogP contribution in [0.5, 0.6) is 5.75 Å². The summed E-state index contributed by atoms with van der Waals surface area (Å²) in [6, 6.07) is 7.21. The smallest absolute Gasteiger partial charge is 0.437 e. The van der Waals surface area contributed by atoms with Gasteiger partial charge < -0.3 is 4.74 Å². The molecule has 0 aliphatic carbocycles. The number of H-pyrrole nitrogens is 1. The fourth-order valence-corrected chi connectivity index (χ4v) is 2.64. The molecule has 2 N–H and O–H groups in total. The highest BCUT2D eigenvalue weighted by Crippen LogP contribution is 2.22. The summed E-state index contributed by atoms with van der Waals surface area (Å²) < 4.78 is 11.6. The van der Waals surface area contributed by atoms with Gasteiger partial charge in [-0.15, -0.1) is 11.3 Å². The zero-order valence-corrected chi connectivity index (χ0v) is 14.2. The molecule has 0 amide bonds. The fourth-order valence-electron chi connectivity index (χ4n) is 2.00. The molecule has 2 heterocycles. The molecule has 0 radical (unpaired) electrons. The monoisotopic (exact) mass is 346 g/mol. The molecular formula is C15H16N5O3S+. The van der Waals surface area contributed by atoms with Gasteiger partial charge in [-0.3, -0.25) is 9.95 Å². The quantitative estimate of drug-likeness (QED) is 0.419. The Morgan fingerprint density at radius 2 is 2.12 bits per heavy atom. The molecule has 0 atom stereocenters. The van der Waals surface area contributed by atoms with Crippen molar-refractivity contribution in [2.45, 2.75) is 13.8 Å². The van der Waals surface area contributed by atoms with Gasteiger partial charge in [0.25, 0.3) is 0 Å². The van der Waals surface area contributed by atoms with E-state index in [1.165, 1.54) is 16.0 Å². The van der Waals surface area contributed by atoms with Gasteiger partial charge >= 0.3 is 11.3 Å². The number of aromatic amines is 1. The Labute approximate surface area is 141 Å². The second kappa shape index (κ2) is 6.67. The van der Waals surface area contributed by atoms with Gasteiger partial charge in [0.05, 0.1) is 7.11 Å².